The number of rotatable bonds is 5. The number of nitrogens with one attached hydrogen (secondary N) is 1. The number of benzene rings is 2. The third-order valence-corrected chi connectivity index (χ3v) is 3.55. The highest BCUT2D eigenvalue weighted by Gasteiger charge is 2.18. The molecule has 0 bridgehead atoms. The van der Waals surface area contributed by atoms with E-state index in [2.05, 4.69) is 5.32 Å². The van der Waals surface area contributed by atoms with Gasteiger partial charge in [-0.1, -0.05) is 41.9 Å². The number of nitriles is 1. The monoisotopic (exact) mass is 342 g/mol. The van der Waals surface area contributed by atoms with Crippen molar-refractivity contribution in [3.05, 3.63) is 76.5 Å². The lowest BCUT2D eigenvalue weighted by molar-refractivity contribution is -0.112. The van der Waals surface area contributed by atoms with Gasteiger partial charge in [0.15, 0.2) is 5.57 Å². The summed E-state index contributed by atoms with van der Waals surface area (Å²) >= 11 is 5.76. The van der Waals surface area contributed by atoms with Crippen molar-refractivity contribution in [1.29, 1.82) is 5.26 Å². The van der Waals surface area contributed by atoms with Crippen LogP contribution in [0.25, 0.3) is 0 Å². The number of anilines is 1. The van der Waals surface area contributed by atoms with Crippen molar-refractivity contribution < 1.29 is 15.0 Å². The van der Waals surface area contributed by atoms with Crippen molar-refractivity contribution in [3.8, 4) is 6.07 Å². The fourth-order valence-corrected chi connectivity index (χ4v) is 2.18. The lowest BCUT2D eigenvalue weighted by Crippen LogP contribution is -2.16. The van der Waals surface area contributed by atoms with Gasteiger partial charge in [-0.2, -0.15) is 5.26 Å². The lowest BCUT2D eigenvalue weighted by atomic mass is 10.0. The third-order valence-electron chi connectivity index (χ3n) is 3.30. The molecule has 3 N–H and O–H groups in total. The zero-order chi connectivity index (χ0) is 17.5. The van der Waals surface area contributed by atoms with E-state index in [1.807, 2.05) is 0 Å². The van der Waals surface area contributed by atoms with Crippen LogP contribution in [0.5, 0.6) is 0 Å². The molecule has 0 spiro atoms. The van der Waals surface area contributed by atoms with E-state index in [0.717, 1.165) is 0 Å². The molecule has 122 valence electrons. The Hall–Kier alpha value is -2.81. The first-order valence-corrected chi connectivity index (χ1v) is 7.51. The molecule has 2 aromatic carbocycles. The highest BCUT2D eigenvalue weighted by atomic mass is 35.5. The van der Waals surface area contributed by atoms with Crippen LogP contribution in [0.1, 0.15) is 18.1 Å². The lowest BCUT2D eigenvalue weighted by Gasteiger charge is -2.11. The summed E-state index contributed by atoms with van der Waals surface area (Å²) in [6.07, 6.45) is -1.25. The van der Waals surface area contributed by atoms with Crippen LogP contribution in [-0.2, 0) is 4.79 Å². The Bertz CT molecular complexity index is 780. The van der Waals surface area contributed by atoms with E-state index in [4.69, 9.17) is 16.9 Å². The summed E-state index contributed by atoms with van der Waals surface area (Å²) in [7, 11) is 0. The van der Waals surface area contributed by atoms with Crippen LogP contribution < -0.4 is 5.32 Å². The molecule has 6 heteroatoms. The highest BCUT2D eigenvalue weighted by molar-refractivity contribution is 6.30. The molecule has 0 aliphatic heterocycles. The molecule has 1 unspecified atom stereocenters. The highest BCUT2D eigenvalue weighted by Crippen LogP contribution is 2.22. The number of nitrogens with zero attached hydrogens (tertiary/aromatic N) is 1. The van der Waals surface area contributed by atoms with Crippen molar-refractivity contribution >= 4 is 23.2 Å². The van der Waals surface area contributed by atoms with Gasteiger partial charge in [0.25, 0.3) is 5.91 Å². The fourth-order valence-electron chi connectivity index (χ4n) is 2.05. The molecule has 5 nitrogen and oxygen atoms in total. The predicted molar refractivity (Wildman–Crippen MR) is 91.4 cm³/mol. The Morgan fingerprint density at radius 1 is 1.17 bits per heavy atom. The number of carbonyl (C=O) groups is 1. The molecule has 0 aliphatic carbocycles. The molecule has 24 heavy (non-hydrogen) atoms. The van der Waals surface area contributed by atoms with E-state index in [-0.39, 0.29) is 6.42 Å². The van der Waals surface area contributed by atoms with Gasteiger partial charge in [-0.25, -0.2) is 0 Å². The Labute approximate surface area is 144 Å². The van der Waals surface area contributed by atoms with Crippen LogP contribution in [0.4, 0.5) is 5.69 Å². The first-order valence-electron chi connectivity index (χ1n) is 7.13. The summed E-state index contributed by atoms with van der Waals surface area (Å²) in [5.41, 5.74) is 0.577. The number of aliphatic hydroxyl groups is 2. The van der Waals surface area contributed by atoms with Gasteiger partial charge < -0.3 is 15.5 Å². The minimum absolute atomic E-state index is 0.235. The molecule has 0 aromatic heterocycles. The summed E-state index contributed by atoms with van der Waals surface area (Å²) in [5.74, 6) is -1.22. The second-order valence-corrected chi connectivity index (χ2v) is 5.46. The van der Waals surface area contributed by atoms with Gasteiger partial charge in [-0.3, -0.25) is 4.79 Å². The quantitative estimate of drug-likeness (QED) is 0.438. The van der Waals surface area contributed by atoms with Gasteiger partial charge >= 0.3 is 0 Å². The maximum absolute atomic E-state index is 12.1. The van der Waals surface area contributed by atoms with Crippen molar-refractivity contribution in [3.63, 3.8) is 0 Å². The molecule has 0 radical (unpaired) electrons. The average Bonchev–Trinajstić information content (AvgIpc) is 2.58. The SMILES string of the molecule is N#C/C(C(=O)Nc1ccc(Cl)cc1)=C(/O)CC(O)c1ccccc1. The molecule has 1 amide bonds. The first kappa shape index (κ1) is 17.5. The molecular formula is C18H15ClN2O3. The van der Waals surface area contributed by atoms with Crippen molar-refractivity contribution in [2.45, 2.75) is 12.5 Å². The summed E-state index contributed by atoms with van der Waals surface area (Å²) < 4.78 is 0. The summed E-state index contributed by atoms with van der Waals surface area (Å²) in [6.45, 7) is 0. The van der Waals surface area contributed by atoms with Crippen LogP contribution in [0.15, 0.2) is 65.9 Å². The Morgan fingerprint density at radius 2 is 1.79 bits per heavy atom. The minimum atomic E-state index is -1.02. The molecule has 2 aromatic rings. The van der Waals surface area contributed by atoms with Crippen LogP contribution in [0.2, 0.25) is 5.02 Å². The van der Waals surface area contributed by atoms with Gasteiger partial charge in [0.05, 0.1) is 6.10 Å². The van der Waals surface area contributed by atoms with Crippen molar-refractivity contribution in [2.24, 2.45) is 0 Å². The standard InChI is InChI=1S/C18H15ClN2O3/c19-13-6-8-14(9-7-13)21-18(24)15(11-20)17(23)10-16(22)12-4-2-1-3-5-12/h1-9,16,22-23H,10H2,(H,21,24)/b17-15-. The molecule has 0 aliphatic rings. The Balaban J connectivity index is 2.12. The molecule has 0 heterocycles. The number of halogens is 1. The molecule has 2 rings (SSSR count). The van der Waals surface area contributed by atoms with E-state index in [0.29, 0.717) is 16.3 Å². The van der Waals surface area contributed by atoms with Crippen LogP contribution >= 0.6 is 11.6 Å². The molecule has 1 atom stereocenters. The maximum atomic E-state index is 12.1. The number of hydrogen-bond acceptors (Lipinski definition) is 4. The number of hydrogen-bond donors (Lipinski definition) is 3. The number of aliphatic hydroxyl groups excluding tert-OH is 2. The smallest absolute Gasteiger partial charge is 0.269 e. The van der Waals surface area contributed by atoms with E-state index in [9.17, 15) is 15.0 Å². The van der Waals surface area contributed by atoms with Gasteiger partial charge in [-0.05, 0) is 29.8 Å². The van der Waals surface area contributed by atoms with E-state index in [1.54, 1.807) is 60.7 Å². The number of amides is 1. The number of carbonyl (C=O) groups excluding carboxylic acids is 1. The Morgan fingerprint density at radius 3 is 2.38 bits per heavy atom. The fraction of sp³-hybridized carbons (Fsp3) is 0.111. The predicted octanol–water partition coefficient (Wildman–Crippen LogP) is 3.74. The van der Waals surface area contributed by atoms with Crippen LogP contribution in [0.3, 0.4) is 0 Å². The van der Waals surface area contributed by atoms with E-state index >= 15 is 0 Å². The first-order chi connectivity index (χ1) is 11.5. The largest absolute Gasteiger partial charge is 0.511 e. The second-order valence-electron chi connectivity index (χ2n) is 5.03. The topological polar surface area (TPSA) is 93.4 Å². The van der Waals surface area contributed by atoms with E-state index in [1.165, 1.54) is 0 Å². The van der Waals surface area contributed by atoms with Gasteiger partial charge in [0.1, 0.15) is 11.8 Å². The molecule has 0 fully saturated rings. The third kappa shape index (κ3) is 4.59. The zero-order valence-electron chi connectivity index (χ0n) is 12.6. The normalized spacial score (nSPS) is 12.7. The van der Waals surface area contributed by atoms with E-state index < -0.39 is 23.3 Å². The van der Waals surface area contributed by atoms with Crippen LogP contribution in [0, 0.1) is 11.3 Å². The van der Waals surface area contributed by atoms with Crippen molar-refractivity contribution in [2.75, 3.05) is 5.32 Å². The summed E-state index contributed by atoms with van der Waals surface area (Å²) in [6, 6.07) is 16.7. The summed E-state index contributed by atoms with van der Waals surface area (Å²) in [4.78, 5) is 12.1. The molecular weight excluding hydrogens is 328 g/mol. The van der Waals surface area contributed by atoms with Gasteiger partial charge in [0, 0.05) is 17.1 Å². The van der Waals surface area contributed by atoms with Crippen molar-refractivity contribution in [1.82, 2.24) is 0 Å². The average molecular weight is 343 g/mol. The van der Waals surface area contributed by atoms with Gasteiger partial charge in [0.2, 0.25) is 0 Å². The maximum Gasteiger partial charge on any atom is 0.269 e. The summed E-state index contributed by atoms with van der Waals surface area (Å²) in [5, 5.41) is 32.3. The molecule has 0 saturated carbocycles. The molecule has 0 saturated heterocycles. The Kier molecular flexibility index (Phi) is 5.96. The van der Waals surface area contributed by atoms with Crippen LogP contribution in [-0.4, -0.2) is 16.1 Å². The van der Waals surface area contributed by atoms with Gasteiger partial charge in [-0.15, -0.1) is 0 Å². The second kappa shape index (κ2) is 8.16. The zero-order valence-corrected chi connectivity index (χ0v) is 13.4. The minimum Gasteiger partial charge on any atom is -0.511 e.